The summed E-state index contributed by atoms with van der Waals surface area (Å²) in [4.78, 5) is 54.6. The average molecular weight is 1050 g/mol. The third-order valence-corrected chi connectivity index (χ3v) is 16.0. The van der Waals surface area contributed by atoms with Gasteiger partial charge in [-0.2, -0.15) is 0 Å². The molecule has 7 atom stereocenters. The molecule has 65 heavy (non-hydrogen) atoms. The van der Waals surface area contributed by atoms with Gasteiger partial charge in [-0.25, -0.2) is 19.2 Å². The van der Waals surface area contributed by atoms with E-state index in [0.29, 0.717) is 58.6 Å². The molecule has 1 saturated heterocycles. The van der Waals surface area contributed by atoms with Gasteiger partial charge >= 0.3 is 23.9 Å². The molecule has 0 aromatic heterocycles. The Hall–Kier alpha value is -2.96. The van der Waals surface area contributed by atoms with Crippen molar-refractivity contribution in [2.24, 2.45) is 22.7 Å². The first-order valence-corrected chi connectivity index (χ1v) is 24.0. The minimum atomic E-state index is -1.14. The van der Waals surface area contributed by atoms with Crippen molar-refractivity contribution in [2.45, 2.75) is 83.0 Å². The first-order valence-electron chi connectivity index (χ1n) is 20.9. The summed E-state index contributed by atoms with van der Waals surface area (Å²) in [5, 5.41) is 1.97. The molecule has 2 aliphatic carbocycles. The van der Waals surface area contributed by atoms with Crippen molar-refractivity contribution < 1.29 is 42.9 Å². The van der Waals surface area contributed by atoms with E-state index in [9.17, 15) is 19.2 Å². The Morgan fingerprint density at radius 3 is 1.49 bits per heavy atom. The maximum absolute atomic E-state index is 13.9. The van der Waals surface area contributed by atoms with Crippen LogP contribution in [0.4, 0.5) is 0 Å². The number of halogens is 8. The molecule has 17 heteroatoms. The minimum absolute atomic E-state index is 0.0193. The summed E-state index contributed by atoms with van der Waals surface area (Å²) in [6, 6.07) is 18.0. The molecule has 0 N–H and O–H groups in total. The van der Waals surface area contributed by atoms with E-state index >= 15 is 0 Å². The molecule has 7 unspecified atom stereocenters. The van der Waals surface area contributed by atoms with Gasteiger partial charge in [-0.1, -0.05) is 114 Å². The van der Waals surface area contributed by atoms with Crippen LogP contribution in [0.2, 0.25) is 40.2 Å². The molecule has 3 fully saturated rings. The molecule has 1 spiro atoms. The third-order valence-electron chi connectivity index (χ3n) is 13.9. The van der Waals surface area contributed by atoms with Crippen molar-refractivity contribution in [3.05, 3.63) is 135 Å². The lowest BCUT2D eigenvalue weighted by atomic mass is 9.43. The SMILES string of the molecule is CC1CCC2C(C)(COC(=O)c3ccc(Cl)cc3Cl)C(OC(=O)c3ccc(Cl)cc3Cl)CCC2(C)C12CCC(CCOC(=O)c1ccc(Cl)cc1Cl)(COC(=O)c1ccc(Cl)cc1Cl)O2. The highest BCUT2D eigenvalue weighted by Crippen LogP contribution is 2.68. The van der Waals surface area contributed by atoms with Crippen LogP contribution in [-0.4, -0.2) is 61.0 Å². The number of carbonyl (C=O) groups excluding carboxylic acids is 4. The zero-order valence-electron chi connectivity index (χ0n) is 35.4. The van der Waals surface area contributed by atoms with Crippen LogP contribution < -0.4 is 0 Å². The van der Waals surface area contributed by atoms with Crippen LogP contribution in [0.25, 0.3) is 0 Å². The largest absolute Gasteiger partial charge is 0.462 e. The lowest BCUT2D eigenvalue weighted by Crippen LogP contribution is -2.67. The van der Waals surface area contributed by atoms with Gasteiger partial charge in [-0.3, -0.25) is 0 Å². The van der Waals surface area contributed by atoms with Gasteiger partial charge in [0.25, 0.3) is 0 Å². The second kappa shape index (κ2) is 19.9. The molecule has 0 amide bonds. The highest BCUT2D eigenvalue weighted by atomic mass is 35.5. The van der Waals surface area contributed by atoms with Crippen LogP contribution in [0.5, 0.6) is 0 Å². The zero-order chi connectivity index (χ0) is 47.1. The van der Waals surface area contributed by atoms with Crippen LogP contribution in [0.15, 0.2) is 72.8 Å². The highest BCUT2D eigenvalue weighted by Gasteiger charge is 2.70. The van der Waals surface area contributed by atoms with Crippen molar-refractivity contribution >= 4 is 117 Å². The number of hydrogen-bond acceptors (Lipinski definition) is 9. The molecule has 1 aliphatic heterocycles. The van der Waals surface area contributed by atoms with Crippen LogP contribution >= 0.6 is 92.8 Å². The summed E-state index contributed by atoms with van der Waals surface area (Å²) in [7, 11) is 0. The van der Waals surface area contributed by atoms with Crippen LogP contribution in [0.3, 0.4) is 0 Å². The fourth-order valence-electron chi connectivity index (χ4n) is 10.4. The van der Waals surface area contributed by atoms with Gasteiger partial charge in [0.1, 0.15) is 24.9 Å². The Morgan fingerprint density at radius 1 is 0.569 bits per heavy atom. The summed E-state index contributed by atoms with van der Waals surface area (Å²) in [6.45, 7) is 5.85. The maximum atomic E-state index is 13.9. The van der Waals surface area contributed by atoms with Gasteiger partial charge in [0.05, 0.1) is 54.6 Å². The smallest absolute Gasteiger partial charge is 0.339 e. The quantitative estimate of drug-likeness (QED) is 0.101. The number of ether oxygens (including phenoxy) is 5. The van der Waals surface area contributed by atoms with E-state index in [-0.39, 0.29) is 80.4 Å². The van der Waals surface area contributed by atoms with Gasteiger partial charge < -0.3 is 23.7 Å². The van der Waals surface area contributed by atoms with E-state index < -0.39 is 52.0 Å². The fourth-order valence-corrected chi connectivity index (χ4v) is 12.4. The molecule has 4 aromatic carbocycles. The third kappa shape index (κ3) is 10.1. The Kier molecular flexibility index (Phi) is 15.3. The van der Waals surface area contributed by atoms with Gasteiger partial charge in [-0.15, -0.1) is 0 Å². The summed E-state index contributed by atoms with van der Waals surface area (Å²) in [5.41, 5.74) is -3.06. The zero-order valence-corrected chi connectivity index (χ0v) is 41.5. The summed E-state index contributed by atoms with van der Waals surface area (Å²) < 4.78 is 31.8. The second-order valence-electron chi connectivity index (χ2n) is 17.6. The first-order chi connectivity index (χ1) is 30.7. The molecule has 7 rings (SSSR count). The Bertz CT molecular complexity index is 2520. The van der Waals surface area contributed by atoms with Crippen LogP contribution in [0.1, 0.15) is 107 Å². The topological polar surface area (TPSA) is 114 Å². The number of rotatable bonds is 12. The Labute approximate surface area is 417 Å². The summed E-state index contributed by atoms with van der Waals surface area (Å²) >= 11 is 50.2. The van der Waals surface area contributed by atoms with E-state index in [4.69, 9.17) is 116 Å². The predicted molar refractivity (Wildman–Crippen MR) is 254 cm³/mol. The molecule has 1 heterocycles. The Balaban J connectivity index is 1.21. The highest BCUT2D eigenvalue weighted by molar-refractivity contribution is 6.38. The standard InChI is InChI=1S/C48H44Cl8O9/c1-26-4-13-39-45(2,24-62-42(58)32-10-6-28(50)21-36(32)54)40(64-44(60)34-12-8-30(52)23-38(34)56)14-15-46(39,3)48(26)17-16-47(65-48,25-63-43(59)33-11-7-29(51)22-37(33)55)18-19-61-41(57)31-9-5-27(49)20-35(31)53/h5-12,20-23,26,39-40H,4,13-19,24-25H2,1-3H3. The molecule has 0 radical (unpaired) electrons. The Morgan fingerprint density at radius 2 is 1.02 bits per heavy atom. The van der Waals surface area contributed by atoms with Crippen molar-refractivity contribution in [1.29, 1.82) is 0 Å². The van der Waals surface area contributed by atoms with E-state index in [0.717, 1.165) is 0 Å². The van der Waals surface area contributed by atoms with E-state index in [1.165, 1.54) is 48.5 Å². The number of esters is 4. The van der Waals surface area contributed by atoms with E-state index in [2.05, 4.69) is 13.8 Å². The normalized spacial score (nSPS) is 27.2. The summed E-state index contributed by atoms with van der Waals surface area (Å²) in [6.07, 6.45) is 2.65. The van der Waals surface area contributed by atoms with Gasteiger partial charge in [-0.05, 0) is 123 Å². The average Bonchev–Trinajstić information content (AvgIpc) is 3.63. The van der Waals surface area contributed by atoms with Gasteiger partial charge in [0, 0.05) is 37.3 Å². The predicted octanol–water partition coefficient (Wildman–Crippen LogP) is 14.5. The van der Waals surface area contributed by atoms with E-state index in [1.54, 1.807) is 24.3 Å². The molecular formula is C48H44Cl8O9. The first kappa shape index (κ1) is 49.9. The molecule has 9 nitrogen and oxygen atoms in total. The fraction of sp³-hybridized carbons (Fsp3) is 0.417. The number of benzene rings is 4. The van der Waals surface area contributed by atoms with Crippen LogP contribution in [0, 0.1) is 22.7 Å². The molecule has 4 aromatic rings. The molecule has 0 bridgehead atoms. The van der Waals surface area contributed by atoms with Crippen LogP contribution in [-0.2, 0) is 23.7 Å². The minimum Gasteiger partial charge on any atom is -0.462 e. The number of carbonyl (C=O) groups is 4. The van der Waals surface area contributed by atoms with Crippen molar-refractivity contribution in [3.8, 4) is 0 Å². The molecule has 3 aliphatic rings. The van der Waals surface area contributed by atoms with Gasteiger partial charge in [0.15, 0.2) is 0 Å². The number of fused-ring (bicyclic) bond motifs is 2. The lowest BCUT2D eigenvalue weighted by Gasteiger charge is -2.65. The van der Waals surface area contributed by atoms with Crippen molar-refractivity contribution in [1.82, 2.24) is 0 Å². The molecule has 2 saturated carbocycles. The molecule has 346 valence electrons. The van der Waals surface area contributed by atoms with Crippen molar-refractivity contribution in [2.75, 3.05) is 19.8 Å². The summed E-state index contributed by atoms with van der Waals surface area (Å²) in [5.74, 6) is -2.93. The van der Waals surface area contributed by atoms with Gasteiger partial charge in [0.2, 0.25) is 0 Å². The number of hydrogen-bond donors (Lipinski definition) is 0. The maximum Gasteiger partial charge on any atom is 0.339 e. The lowest BCUT2D eigenvalue weighted by molar-refractivity contribution is -0.271. The van der Waals surface area contributed by atoms with Crippen molar-refractivity contribution in [3.63, 3.8) is 0 Å². The molecular weight excluding hydrogens is 1000 g/mol. The monoisotopic (exact) mass is 1040 g/mol. The van der Waals surface area contributed by atoms with E-state index in [1.807, 2.05) is 6.92 Å². The second-order valence-corrected chi connectivity index (χ2v) is 21.0.